The van der Waals surface area contributed by atoms with E-state index in [-0.39, 0.29) is 0 Å². The van der Waals surface area contributed by atoms with Gasteiger partial charge in [0.05, 0.1) is 6.61 Å². The van der Waals surface area contributed by atoms with E-state index in [1.54, 1.807) is 0 Å². The van der Waals surface area contributed by atoms with Crippen molar-refractivity contribution in [3.63, 3.8) is 0 Å². The zero-order chi connectivity index (χ0) is 11.8. The van der Waals surface area contributed by atoms with Crippen LogP contribution < -0.4 is 5.32 Å². The molecule has 0 aromatic heterocycles. The number of hydrogen-bond acceptors (Lipinski definition) is 2. The van der Waals surface area contributed by atoms with Gasteiger partial charge in [-0.1, -0.05) is 45.0 Å². The van der Waals surface area contributed by atoms with Gasteiger partial charge < -0.3 is 10.1 Å². The molecular weight excluding hydrogens is 198 g/mol. The quantitative estimate of drug-likeness (QED) is 0.714. The molecule has 0 saturated carbocycles. The molecule has 0 aliphatic rings. The Kier molecular flexibility index (Phi) is 6.12. The van der Waals surface area contributed by atoms with Gasteiger partial charge >= 0.3 is 0 Å². The predicted octanol–water partition coefficient (Wildman–Crippen LogP) is 3.11. The van der Waals surface area contributed by atoms with E-state index in [9.17, 15) is 0 Å². The van der Waals surface area contributed by atoms with Crippen LogP contribution in [-0.2, 0) is 17.9 Å². The zero-order valence-corrected chi connectivity index (χ0v) is 10.6. The minimum Gasteiger partial charge on any atom is -0.377 e. The fraction of sp³-hybridized carbons (Fsp3) is 0.571. The monoisotopic (exact) mass is 221 g/mol. The number of benzene rings is 1. The molecule has 0 saturated heterocycles. The summed E-state index contributed by atoms with van der Waals surface area (Å²) in [5, 5.41) is 3.42. The molecule has 0 unspecified atom stereocenters. The van der Waals surface area contributed by atoms with Gasteiger partial charge in [-0.3, -0.25) is 0 Å². The minimum absolute atomic E-state index is 0.528. The van der Waals surface area contributed by atoms with Crippen molar-refractivity contribution in [2.45, 2.75) is 46.4 Å². The average Bonchev–Trinajstić information content (AvgIpc) is 2.27. The number of rotatable bonds is 7. The maximum atomic E-state index is 5.53. The van der Waals surface area contributed by atoms with Gasteiger partial charge in [0, 0.05) is 19.2 Å². The molecule has 2 nitrogen and oxygen atoms in total. The summed E-state index contributed by atoms with van der Waals surface area (Å²) in [6.07, 6.45) is 1.08. The van der Waals surface area contributed by atoms with Crippen molar-refractivity contribution >= 4 is 0 Å². The standard InChI is InChI=1S/C14H23NO/c1-4-8-16-11-14-7-5-6-13(9-14)10-15-12(2)3/h5-7,9,12,15H,4,8,10-11H2,1-3H3. The van der Waals surface area contributed by atoms with E-state index in [0.29, 0.717) is 6.04 Å². The van der Waals surface area contributed by atoms with Gasteiger partial charge in [-0.2, -0.15) is 0 Å². The average molecular weight is 221 g/mol. The first kappa shape index (κ1) is 13.2. The van der Waals surface area contributed by atoms with Crippen molar-refractivity contribution in [2.75, 3.05) is 6.61 Å². The molecule has 1 aromatic carbocycles. The molecule has 0 heterocycles. The molecule has 0 atom stereocenters. The van der Waals surface area contributed by atoms with Crippen molar-refractivity contribution in [1.82, 2.24) is 5.32 Å². The molecule has 0 bridgehead atoms. The van der Waals surface area contributed by atoms with Crippen molar-refractivity contribution in [2.24, 2.45) is 0 Å². The summed E-state index contributed by atoms with van der Waals surface area (Å²) >= 11 is 0. The SMILES string of the molecule is CCCOCc1cccc(CNC(C)C)c1. The van der Waals surface area contributed by atoms with Gasteiger partial charge in [-0.05, 0) is 17.5 Å². The summed E-state index contributed by atoms with van der Waals surface area (Å²) in [4.78, 5) is 0. The lowest BCUT2D eigenvalue weighted by Crippen LogP contribution is -2.21. The summed E-state index contributed by atoms with van der Waals surface area (Å²) < 4.78 is 5.53. The van der Waals surface area contributed by atoms with Crippen molar-refractivity contribution < 1.29 is 4.74 Å². The van der Waals surface area contributed by atoms with E-state index < -0.39 is 0 Å². The minimum atomic E-state index is 0.528. The molecule has 2 heteroatoms. The van der Waals surface area contributed by atoms with E-state index >= 15 is 0 Å². The van der Waals surface area contributed by atoms with Gasteiger partial charge in [0.1, 0.15) is 0 Å². The molecule has 0 spiro atoms. The largest absolute Gasteiger partial charge is 0.377 e. The first-order valence-electron chi connectivity index (χ1n) is 6.11. The maximum Gasteiger partial charge on any atom is 0.0716 e. The van der Waals surface area contributed by atoms with Crippen molar-refractivity contribution in [1.29, 1.82) is 0 Å². The number of hydrogen-bond donors (Lipinski definition) is 1. The molecule has 0 radical (unpaired) electrons. The van der Waals surface area contributed by atoms with Crippen LogP contribution in [0.25, 0.3) is 0 Å². The Hall–Kier alpha value is -0.860. The Labute approximate surface area is 99.0 Å². The molecule has 0 amide bonds. The highest BCUT2D eigenvalue weighted by molar-refractivity contribution is 5.22. The Morgan fingerprint density at radius 1 is 1.25 bits per heavy atom. The second-order valence-corrected chi connectivity index (χ2v) is 4.41. The van der Waals surface area contributed by atoms with E-state index in [2.05, 4.69) is 50.4 Å². The van der Waals surface area contributed by atoms with Gasteiger partial charge in [-0.15, -0.1) is 0 Å². The molecular formula is C14H23NO. The lowest BCUT2D eigenvalue weighted by molar-refractivity contribution is 0.121. The van der Waals surface area contributed by atoms with Crippen LogP contribution in [0.3, 0.4) is 0 Å². The lowest BCUT2D eigenvalue weighted by Gasteiger charge is -2.09. The Morgan fingerprint density at radius 2 is 2.00 bits per heavy atom. The summed E-state index contributed by atoms with van der Waals surface area (Å²) in [5.41, 5.74) is 2.59. The second-order valence-electron chi connectivity index (χ2n) is 4.41. The van der Waals surface area contributed by atoms with E-state index in [0.717, 1.165) is 26.2 Å². The third kappa shape index (κ3) is 5.29. The van der Waals surface area contributed by atoms with Crippen LogP contribution in [0.4, 0.5) is 0 Å². The first-order chi connectivity index (χ1) is 7.72. The topological polar surface area (TPSA) is 21.3 Å². The van der Waals surface area contributed by atoms with Crippen LogP contribution in [0, 0.1) is 0 Å². The molecule has 0 aliphatic heterocycles. The lowest BCUT2D eigenvalue weighted by atomic mass is 10.1. The number of ether oxygens (including phenoxy) is 1. The second kappa shape index (κ2) is 7.42. The summed E-state index contributed by atoms with van der Waals surface area (Å²) in [5.74, 6) is 0. The predicted molar refractivity (Wildman–Crippen MR) is 68.4 cm³/mol. The summed E-state index contributed by atoms with van der Waals surface area (Å²) in [6.45, 7) is 8.95. The molecule has 1 rings (SSSR count). The highest BCUT2D eigenvalue weighted by atomic mass is 16.5. The van der Waals surface area contributed by atoms with Gasteiger partial charge in [0.15, 0.2) is 0 Å². The van der Waals surface area contributed by atoms with Crippen LogP contribution in [0.15, 0.2) is 24.3 Å². The molecule has 1 aromatic rings. The van der Waals surface area contributed by atoms with E-state index in [1.165, 1.54) is 11.1 Å². The van der Waals surface area contributed by atoms with E-state index in [4.69, 9.17) is 4.74 Å². The molecule has 0 fully saturated rings. The normalized spacial score (nSPS) is 11.0. The molecule has 0 aliphatic carbocycles. The molecule has 1 N–H and O–H groups in total. The van der Waals surface area contributed by atoms with Crippen LogP contribution in [-0.4, -0.2) is 12.6 Å². The Morgan fingerprint density at radius 3 is 2.69 bits per heavy atom. The summed E-state index contributed by atoms with van der Waals surface area (Å²) in [6, 6.07) is 9.11. The van der Waals surface area contributed by atoms with Crippen molar-refractivity contribution in [3.05, 3.63) is 35.4 Å². The highest BCUT2D eigenvalue weighted by Crippen LogP contribution is 2.07. The van der Waals surface area contributed by atoms with E-state index in [1.807, 2.05) is 0 Å². The summed E-state index contributed by atoms with van der Waals surface area (Å²) in [7, 11) is 0. The smallest absolute Gasteiger partial charge is 0.0716 e. The first-order valence-corrected chi connectivity index (χ1v) is 6.11. The molecule has 90 valence electrons. The van der Waals surface area contributed by atoms with Crippen LogP contribution in [0.5, 0.6) is 0 Å². The highest BCUT2D eigenvalue weighted by Gasteiger charge is 1.97. The van der Waals surface area contributed by atoms with Crippen LogP contribution in [0.2, 0.25) is 0 Å². The zero-order valence-electron chi connectivity index (χ0n) is 10.6. The number of nitrogens with one attached hydrogen (secondary N) is 1. The fourth-order valence-electron chi connectivity index (χ4n) is 1.49. The van der Waals surface area contributed by atoms with Gasteiger partial charge in [0.25, 0.3) is 0 Å². The van der Waals surface area contributed by atoms with Crippen LogP contribution in [0.1, 0.15) is 38.3 Å². The Balaban J connectivity index is 2.43. The Bertz CT molecular complexity index is 297. The third-order valence-electron chi connectivity index (χ3n) is 2.32. The van der Waals surface area contributed by atoms with Crippen LogP contribution >= 0.6 is 0 Å². The fourth-order valence-corrected chi connectivity index (χ4v) is 1.49. The third-order valence-corrected chi connectivity index (χ3v) is 2.32. The molecule has 16 heavy (non-hydrogen) atoms. The van der Waals surface area contributed by atoms with Gasteiger partial charge in [0.2, 0.25) is 0 Å². The van der Waals surface area contributed by atoms with Crippen molar-refractivity contribution in [3.8, 4) is 0 Å². The maximum absolute atomic E-state index is 5.53. The van der Waals surface area contributed by atoms with Gasteiger partial charge in [-0.25, -0.2) is 0 Å².